The number of hydrogen-bond donors (Lipinski definition) is 3. The van der Waals surface area contributed by atoms with E-state index in [2.05, 4.69) is 5.32 Å². The van der Waals surface area contributed by atoms with Gasteiger partial charge in [0.05, 0.1) is 24.6 Å². The number of nitrogens with one attached hydrogen (secondary N) is 1. The molecule has 2 aromatic rings. The van der Waals surface area contributed by atoms with Gasteiger partial charge in [-0.2, -0.15) is 0 Å². The van der Waals surface area contributed by atoms with Crippen LogP contribution in [0, 0.1) is 0 Å². The molecule has 2 aromatic carbocycles. The lowest BCUT2D eigenvalue weighted by atomic mass is 10.2. The van der Waals surface area contributed by atoms with Gasteiger partial charge in [-0.05, 0) is 30.3 Å². The molecule has 0 unspecified atom stereocenters. The van der Waals surface area contributed by atoms with E-state index in [1.54, 1.807) is 12.1 Å². The molecular formula is C15H17N3O2. The lowest BCUT2D eigenvalue weighted by molar-refractivity contribution is 0.297. The Morgan fingerprint density at radius 1 is 0.800 bits per heavy atom. The monoisotopic (exact) mass is 271 g/mol. The van der Waals surface area contributed by atoms with Gasteiger partial charge >= 0.3 is 0 Å². The summed E-state index contributed by atoms with van der Waals surface area (Å²) in [5, 5.41) is 3.27. The fourth-order valence-corrected chi connectivity index (χ4v) is 2.06. The summed E-state index contributed by atoms with van der Waals surface area (Å²) in [7, 11) is 0. The van der Waals surface area contributed by atoms with Crippen LogP contribution < -0.4 is 26.3 Å². The molecule has 0 saturated heterocycles. The van der Waals surface area contributed by atoms with E-state index in [0.29, 0.717) is 24.6 Å². The molecule has 1 heterocycles. The number of fused-ring (bicyclic) bond motifs is 1. The van der Waals surface area contributed by atoms with E-state index in [-0.39, 0.29) is 0 Å². The van der Waals surface area contributed by atoms with Gasteiger partial charge in [-0.15, -0.1) is 0 Å². The van der Waals surface area contributed by atoms with Gasteiger partial charge in [0.15, 0.2) is 11.5 Å². The van der Waals surface area contributed by atoms with E-state index in [1.165, 1.54) is 0 Å². The minimum Gasteiger partial charge on any atom is -0.490 e. The summed E-state index contributed by atoms with van der Waals surface area (Å²) < 4.78 is 11.3. The van der Waals surface area contributed by atoms with Crippen molar-refractivity contribution < 1.29 is 9.47 Å². The van der Waals surface area contributed by atoms with Gasteiger partial charge in [0, 0.05) is 23.9 Å². The number of anilines is 4. The van der Waals surface area contributed by atoms with E-state index in [9.17, 15) is 0 Å². The molecule has 0 saturated carbocycles. The van der Waals surface area contributed by atoms with E-state index < -0.39 is 0 Å². The summed E-state index contributed by atoms with van der Waals surface area (Å²) in [6.45, 7) is 1.36. The fraction of sp³-hybridized carbons (Fsp3) is 0.200. The van der Waals surface area contributed by atoms with Crippen LogP contribution in [-0.4, -0.2) is 13.2 Å². The quantitative estimate of drug-likeness (QED) is 0.732. The average molecular weight is 271 g/mol. The molecule has 0 radical (unpaired) electrons. The second-order valence-electron chi connectivity index (χ2n) is 4.68. The van der Waals surface area contributed by atoms with E-state index in [0.717, 1.165) is 29.3 Å². The Morgan fingerprint density at radius 3 is 2.30 bits per heavy atom. The summed E-state index contributed by atoms with van der Waals surface area (Å²) in [6, 6.07) is 11.2. The smallest absolute Gasteiger partial charge is 0.163 e. The van der Waals surface area contributed by atoms with Crippen LogP contribution in [-0.2, 0) is 0 Å². The number of rotatable bonds is 2. The number of hydrogen-bond acceptors (Lipinski definition) is 5. The Kier molecular flexibility index (Phi) is 3.25. The van der Waals surface area contributed by atoms with Crippen LogP contribution in [0.5, 0.6) is 11.5 Å². The van der Waals surface area contributed by atoms with Crippen molar-refractivity contribution in [2.45, 2.75) is 6.42 Å². The summed E-state index contributed by atoms with van der Waals surface area (Å²) in [5.74, 6) is 1.54. The third-order valence-corrected chi connectivity index (χ3v) is 3.12. The molecule has 0 bridgehead atoms. The Balaban J connectivity index is 1.83. The molecule has 20 heavy (non-hydrogen) atoms. The Labute approximate surface area is 117 Å². The average Bonchev–Trinajstić information content (AvgIpc) is 2.68. The summed E-state index contributed by atoms with van der Waals surface area (Å²) in [5.41, 5.74) is 14.4. The molecule has 104 valence electrons. The van der Waals surface area contributed by atoms with Crippen molar-refractivity contribution in [1.29, 1.82) is 0 Å². The molecule has 1 aliphatic heterocycles. The topological polar surface area (TPSA) is 82.5 Å². The molecule has 1 aliphatic rings. The maximum atomic E-state index is 5.80. The van der Waals surface area contributed by atoms with Crippen LogP contribution in [0.25, 0.3) is 0 Å². The Hall–Kier alpha value is -2.56. The van der Waals surface area contributed by atoms with Gasteiger partial charge in [-0.3, -0.25) is 0 Å². The van der Waals surface area contributed by atoms with Gasteiger partial charge in [0.2, 0.25) is 0 Å². The zero-order chi connectivity index (χ0) is 13.9. The maximum absolute atomic E-state index is 5.80. The minimum atomic E-state index is 0.560. The lowest BCUT2D eigenvalue weighted by Crippen LogP contribution is -1.98. The van der Waals surface area contributed by atoms with Gasteiger partial charge in [-0.25, -0.2) is 0 Å². The first-order valence-corrected chi connectivity index (χ1v) is 6.54. The SMILES string of the molecule is Nc1ccc(Nc2ccc3c(c2)OCCCO3)cc1N. The Bertz CT molecular complexity index is 629. The van der Waals surface area contributed by atoms with Crippen LogP contribution in [0.4, 0.5) is 22.7 Å². The number of ether oxygens (including phenoxy) is 2. The summed E-state index contributed by atoms with van der Waals surface area (Å²) >= 11 is 0. The lowest BCUT2D eigenvalue weighted by Gasteiger charge is -2.12. The highest BCUT2D eigenvalue weighted by molar-refractivity contribution is 5.73. The van der Waals surface area contributed by atoms with Gasteiger partial charge < -0.3 is 26.3 Å². The highest BCUT2D eigenvalue weighted by atomic mass is 16.5. The van der Waals surface area contributed by atoms with Gasteiger partial charge in [0.25, 0.3) is 0 Å². The highest BCUT2D eigenvalue weighted by Crippen LogP contribution is 2.33. The van der Waals surface area contributed by atoms with Crippen LogP contribution >= 0.6 is 0 Å². The number of nitrogen functional groups attached to an aromatic ring is 2. The molecule has 0 atom stereocenters. The molecule has 0 fully saturated rings. The standard InChI is InChI=1S/C15H17N3O2/c16-12-4-2-10(8-13(12)17)18-11-3-5-14-15(9-11)20-7-1-6-19-14/h2-5,8-9,18H,1,6-7,16-17H2. The maximum Gasteiger partial charge on any atom is 0.163 e. The first-order chi connectivity index (χ1) is 9.72. The second kappa shape index (κ2) is 5.21. The number of benzene rings is 2. The Morgan fingerprint density at radius 2 is 1.50 bits per heavy atom. The first-order valence-electron chi connectivity index (χ1n) is 6.54. The zero-order valence-electron chi connectivity index (χ0n) is 11.1. The largest absolute Gasteiger partial charge is 0.490 e. The molecule has 5 nitrogen and oxygen atoms in total. The predicted molar refractivity (Wildman–Crippen MR) is 80.6 cm³/mol. The molecular weight excluding hydrogens is 254 g/mol. The first kappa shape index (κ1) is 12.5. The van der Waals surface area contributed by atoms with Crippen molar-refractivity contribution >= 4 is 22.7 Å². The molecule has 5 N–H and O–H groups in total. The van der Waals surface area contributed by atoms with E-state index in [1.807, 2.05) is 24.3 Å². The molecule has 0 aromatic heterocycles. The minimum absolute atomic E-state index is 0.560. The van der Waals surface area contributed by atoms with Crippen LogP contribution in [0.15, 0.2) is 36.4 Å². The number of nitrogens with two attached hydrogens (primary N) is 2. The zero-order valence-corrected chi connectivity index (χ0v) is 11.1. The molecule has 0 amide bonds. The van der Waals surface area contributed by atoms with Crippen molar-refractivity contribution in [3.63, 3.8) is 0 Å². The summed E-state index contributed by atoms with van der Waals surface area (Å²) in [4.78, 5) is 0. The van der Waals surface area contributed by atoms with Crippen molar-refractivity contribution in [2.75, 3.05) is 30.0 Å². The predicted octanol–water partition coefficient (Wildman–Crippen LogP) is 2.76. The third kappa shape index (κ3) is 2.56. The third-order valence-electron chi connectivity index (χ3n) is 3.12. The second-order valence-corrected chi connectivity index (χ2v) is 4.68. The van der Waals surface area contributed by atoms with Crippen molar-refractivity contribution in [2.24, 2.45) is 0 Å². The normalized spacial score (nSPS) is 13.6. The van der Waals surface area contributed by atoms with Gasteiger partial charge in [0.1, 0.15) is 0 Å². The fourth-order valence-electron chi connectivity index (χ4n) is 2.06. The molecule has 5 heteroatoms. The van der Waals surface area contributed by atoms with E-state index >= 15 is 0 Å². The van der Waals surface area contributed by atoms with Gasteiger partial charge in [-0.1, -0.05) is 0 Å². The molecule has 0 spiro atoms. The van der Waals surface area contributed by atoms with Crippen molar-refractivity contribution in [3.8, 4) is 11.5 Å². The van der Waals surface area contributed by atoms with Crippen molar-refractivity contribution in [3.05, 3.63) is 36.4 Å². The molecule has 3 rings (SSSR count). The van der Waals surface area contributed by atoms with Crippen molar-refractivity contribution in [1.82, 2.24) is 0 Å². The highest BCUT2D eigenvalue weighted by Gasteiger charge is 2.10. The van der Waals surface area contributed by atoms with Crippen LogP contribution in [0.3, 0.4) is 0 Å². The van der Waals surface area contributed by atoms with Crippen LogP contribution in [0.2, 0.25) is 0 Å². The summed E-state index contributed by atoms with van der Waals surface area (Å²) in [6.07, 6.45) is 0.895. The molecule has 0 aliphatic carbocycles. The van der Waals surface area contributed by atoms with Crippen LogP contribution in [0.1, 0.15) is 6.42 Å². The van der Waals surface area contributed by atoms with E-state index in [4.69, 9.17) is 20.9 Å².